The Labute approximate surface area is 136 Å². The number of hydrogen-bond donors (Lipinski definition) is 1. The Morgan fingerprint density at radius 2 is 1.55 bits per heavy atom. The van der Waals surface area contributed by atoms with Crippen molar-refractivity contribution in [1.82, 2.24) is 0 Å². The molecule has 2 unspecified atom stereocenters. The van der Waals surface area contributed by atoms with Crippen molar-refractivity contribution in [2.75, 3.05) is 0 Å². The Bertz CT molecular complexity index is 755. The van der Waals surface area contributed by atoms with E-state index in [2.05, 4.69) is 0 Å². The molecule has 22 heavy (non-hydrogen) atoms. The van der Waals surface area contributed by atoms with Gasteiger partial charge in [0.2, 0.25) is 11.9 Å². The van der Waals surface area contributed by atoms with Crippen LogP contribution in [0.25, 0.3) is 11.1 Å². The summed E-state index contributed by atoms with van der Waals surface area (Å²) in [7, 11) is 0. The van der Waals surface area contributed by atoms with E-state index in [4.69, 9.17) is 27.9 Å². The second-order valence-corrected chi connectivity index (χ2v) is 5.69. The fraction of sp³-hybridized carbons (Fsp3) is 0.125. The first-order valence-corrected chi connectivity index (χ1v) is 7.20. The number of carbonyl (C=O) groups excluding carboxylic acids is 2. The Morgan fingerprint density at radius 3 is 2.09 bits per heavy atom. The quantitative estimate of drug-likeness (QED) is 0.675. The second-order valence-electron chi connectivity index (χ2n) is 4.87. The summed E-state index contributed by atoms with van der Waals surface area (Å²) in [4.78, 5) is 22.9. The van der Waals surface area contributed by atoms with Gasteiger partial charge in [-0.25, -0.2) is 4.79 Å². The Balaban J connectivity index is 1.88. The van der Waals surface area contributed by atoms with E-state index >= 15 is 0 Å². The molecule has 1 aliphatic rings. The maximum atomic E-state index is 11.7. The van der Waals surface area contributed by atoms with Crippen LogP contribution in [0.4, 0.5) is 0 Å². The highest BCUT2D eigenvalue weighted by molar-refractivity contribution is 6.42. The largest absolute Gasteiger partial charge is 0.447 e. The Kier molecular flexibility index (Phi) is 3.91. The van der Waals surface area contributed by atoms with Crippen LogP contribution in [0.15, 0.2) is 42.5 Å². The Hall–Kier alpha value is -1.88. The third-order valence-corrected chi connectivity index (χ3v) is 4.19. The maximum absolute atomic E-state index is 11.7. The smallest absolute Gasteiger partial charge is 0.344 e. The normalized spacial score (nSPS) is 21.0. The van der Waals surface area contributed by atoms with Gasteiger partial charge in [-0.1, -0.05) is 53.5 Å². The summed E-state index contributed by atoms with van der Waals surface area (Å²) in [5.41, 5.74) is 2.26. The number of hydrogen-bond acceptors (Lipinski definition) is 4. The molecule has 0 spiro atoms. The molecule has 1 heterocycles. The van der Waals surface area contributed by atoms with Gasteiger partial charge in [-0.15, -0.1) is 0 Å². The van der Waals surface area contributed by atoms with Crippen LogP contribution < -0.4 is 0 Å². The van der Waals surface area contributed by atoms with Gasteiger partial charge in [0.15, 0.2) is 6.10 Å². The first-order valence-electron chi connectivity index (χ1n) is 6.45. The standard InChI is InChI=1S/C16H10Cl2O4/c17-11-6-5-10(7-12(11)18)8-1-3-9(4-2-8)15-13(19)14(20)16(21)22-15/h1-7,14-15,20H. The topological polar surface area (TPSA) is 63.6 Å². The van der Waals surface area contributed by atoms with Gasteiger partial charge in [-0.2, -0.15) is 0 Å². The molecule has 4 nitrogen and oxygen atoms in total. The van der Waals surface area contributed by atoms with E-state index < -0.39 is 24.0 Å². The van der Waals surface area contributed by atoms with Crippen LogP contribution in [0, 0.1) is 0 Å². The van der Waals surface area contributed by atoms with Crippen LogP contribution in [0.2, 0.25) is 10.0 Å². The van der Waals surface area contributed by atoms with E-state index in [0.29, 0.717) is 15.6 Å². The van der Waals surface area contributed by atoms with Crippen molar-refractivity contribution in [3.8, 4) is 11.1 Å². The highest BCUT2D eigenvalue weighted by Crippen LogP contribution is 2.31. The Morgan fingerprint density at radius 1 is 0.909 bits per heavy atom. The number of Topliss-reactive ketones (excluding diaryl/α,β-unsaturated/α-hetero) is 1. The molecule has 1 saturated heterocycles. The first kappa shape index (κ1) is 15.0. The molecule has 0 aliphatic carbocycles. The van der Waals surface area contributed by atoms with Crippen LogP contribution in [-0.4, -0.2) is 23.0 Å². The number of ketones is 1. The molecular weight excluding hydrogens is 327 g/mol. The van der Waals surface area contributed by atoms with Crippen molar-refractivity contribution in [3.63, 3.8) is 0 Å². The van der Waals surface area contributed by atoms with E-state index in [1.165, 1.54) is 0 Å². The fourth-order valence-electron chi connectivity index (χ4n) is 2.26. The predicted molar refractivity (Wildman–Crippen MR) is 81.7 cm³/mol. The van der Waals surface area contributed by atoms with Gasteiger partial charge in [0.1, 0.15) is 0 Å². The minimum atomic E-state index is -1.69. The highest BCUT2D eigenvalue weighted by Gasteiger charge is 2.42. The van der Waals surface area contributed by atoms with E-state index in [0.717, 1.165) is 11.1 Å². The fourth-order valence-corrected chi connectivity index (χ4v) is 2.55. The summed E-state index contributed by atoms with van der Waals surface area (Å²) in [6.07, 6.45) is -2.75. The summed E-state index contributed by atoms with van der Waals surface area (Å²) < 4.78 is 4.88. The average Bonchev–Trinajstić information content (AvgIpc) is 2.78. The molecule has 6 heteroatoms. The third-order valence-electron chi connectivity index (χ3n) is 3.45. The zero-order valence-corrected chi connectivity index (χ0v) is 12.6. The van der Waals surface area contributed by atoms with Gasteiger partial charge in [0.25, 0.3) is 0 Å². The van der Waals surface area contributed by atoms with Crippen molar-refractivity contribution >= 4 is 35.0 Å². The van der Waals surface area contributed by atoms with Gasteiger partial charge in [0, 0.05) is 5.56 Å². The molecule has 2 aromatic rings. The predicted octanol–water partition coefficient (Wildman–Crippen LogP) is 3.19. The maximum Gasteiger partial charge on any atom is 0.344 e. The summed E-state index contributed by atoms with van der Waals surface area (Å²) in [6.45, 7) is 0. The third kappa shape index (κ3) is 2.61. The van der Waals surface area contributed by atoms with Gasteiger partial charge in [-0.3, -0.25) is 4.79 Å². The van der Waals surface area contributed by atoms with Gasteiger partial charge >= 0.3 is 5.97 Å². The van der Waals surface area contributed by atoms with E-state index in [-0.39, 0.29) is 0 Å². The van der Waals surface area contributed by atoms with Crippen LogP contribution in [0.1, 0.15) is 11.7 Å². The SMILES string of the molecule is O=C1OC(c2ccc(-c3ccc(Cl)c(Cl)c3)cc2)C(=O)C1O. The van der Waals surface area contributed by atoms with Crippen molar-refractivity contribution in [3.05, 3.63) is 58.1 Å². The molecule has 1 fully saturated rings. The van der Waals surface area contributed by atoms with Crippen LogP contribution in [-0.2, 0) is 14.3 Å². The molecule has 0 bridgehead atoms. The molecule has 0 aromatic heterocycles. The average molecular weight is 337 g/mol. The zero-order valence-electron chi connectivity index (χ0n) is 11.1. The number of aliphatic hydroxyl groups is 1. The lowest BCUT2D eigenvalue weighted by Crippen LogP contribution is -2.21. The zero-order chi connectivity index (χ0) is 15.9. The van der Waals surface area contributed by atoms with E-state index in [9.17, 15) is 14.7 Å². The molecule has 0 saturated carbocycles. The van der Waals surface area contributed by atoms with Gasteiger partial charge < -0.3 is 9.84 Å². The molecule has 112 valence electrons. The number of benzene rings is 2. The lowest BCUT2D eigenvalue weighted by Gasteiger charge is -2.09. The number of cyclic esters (lactones) is 1. The summed E-state index contributed by atoms with van der Waals surface area (Å²) in [5, 5.41) is 10.3. The van der Waals surface area contributed by atoms with Crippen LogP contribution in [0.5, 0.6) is 0 Å². The van der Waals surface area contributed by atoms with E-state index in [1.54, 1.807) is 36.4 Å². The minimum Gasteiger partial charge on any atom is -0.447 e. The molecule has 1 N–H and O–H groups in total. The molecule has 2 aromatic carbocycles. The van der Waals surface area contributed by atoms with Crippen molar-refractivity contribution in [1.29, 1.82) is 0 Å². The lowest BCUT2D eigenvalue weighted by atomic mass is 10.00. The van der Waals surface area contributed by atoms with Gasteiger partial charge in [0.05, 0.1) is 10.0 Å². The first-order chi connectivity index (χ1) is 10.5. The van der Waals surface area contributed by atoms with Crippen molar-refractivity contribution < 1.29 is 19.4 Å². The summed E-state index contributed by atoms with van der Waals surface area (Å²) in [6, 6.07) is 12.2. The monoisotopic (exact) mass is 336 g/mol. The van der Waals surface area contributed by atoms with Gasteiger partial charge in [-0.05, 0) is 23.3 Å². The number of rotatable bonds is 2. The number of ether oxygens (including phenoxy) is 1. The molecule has 0 radical (unpaired) electrons. The molecule has 0 amide bonds. The molecular formula is C16H10Cl2O4. The van der Waals surface area contributed by atoms with E-state index in [1.807, 2.05) is 6.07 Å². The summed E-state index contributed by atoms with van der Waals surface area (Å²) >= 11 is 11.9. The minimum absolute atomic E-state index is 0.450. The van der Waals surface area contributed by atoms with Crippen molar-refractivity contribution in [2.24, 2.45) is 0 Å². The highest BCUT2D eigenvalue weighted by atomic mass is 35.5. The molecule has 1 aliphatic heterocycles. The number of carbonyl (C=O) groups is 2. The van der Waals surface area contributed by atoms with Crippen LogP contribution >= 0.6 is 23.2 Å². The number of aliphatic hydroxyl groups excluding tert-OH is 1. The molecule has 3 rings (SSSR count). The number of halogens is 2. The lowest BCUT2D eigenvalue weighted by molar-refractivity contribution is -0.147. The molecule has 2 atom stereocenters. The number of esters is 1. The summed E-state index contributed by atoms with van der Waals surface area (Å²) in [5.74, 6) is -1.56. The second kappa shape index (κ2) is 5.72. The van der Waals surface area contributed by atoms with Crippen molar-refractivity contribution in [2.45, 2.75) is 12.2 Å². The van der Waals surface area contributed by atoms with Crippen LogP contribution in [0.3, 0.4) is 0 Å².